The van der Waals surface area contributed by atoms with Gasteiger partial charge in [-0.25, -0.2) is 0 Å². The Kier molecular flexibility index (Phi) is 9.29. The van der Waals surface area contributed by atoms with E-state index in [-0.39, 0.29) is 0 Å². The largest absolute Gasteiger partial charge is 0.494 e. The van der Waals surface area contributed by atoms with Crippen molar-refractivity contribution in [3.05, 3.63) is 59.4 Å². The van der Waals surface area contributed by atoms with Crippen LogP contribution in [0.15, 0.2) is 42.7 Å². The maximum Gasteiger partial charge on any atom is 0.119 e. The molecule has 4 heteroatoms. The minimum atomic E-state index is 0.788. The smallest absolute Gasteiger partial charge is 0.119 e. The van der Waals surface area contributed by atoms with Crippen molar-refractivity contribution < 1.29 is 4.74 Å². The highest BCUT2D eigenvalue weighted by Crippen LogP contribution is 2.24. The molecule has 0 atom stereocenters. The summed E-state index contributed by atoms with van der Waals surface area (Å²) in [6.07, 6.45) is 5.95. The summed E-state index contributed by atoms with van der Waals surface area (Å²) in [4.78, 5) is 9.01. The topological polar surface area (TPSA) is 28.6 Å². The number of ether oxygens (including phenoxy) is 1. The van der Waals surface area contributed by atoms with Gasteiger partial charge in [-0.2, -0.15) is 0 Å². The van der Waals surface area contributed by atoms with E-state index in [1.165, 1.54) is 16.7 Å². The Morgan fingerprint density at radius 2 is 2.04 bits per heavy atom. The summed E-state index contributed by atoms with van der Waals surface area (Å²) in [5, 5.41) is 0. The van der Waals surface area contributed by atoms with Crippen LogP contribution in [0.25, 0.3) is 0 Å². The van der Waals surface area contributed by atoms with E-state index in [1.54, 1.807) is 0 Å². The molecule has 0 fully saturated rings. The predicted molar refractivity (Wildman–Crippen MR) is 113 cm³/mol. The second kappa shape index (κ2) is 11.7. The maximum atomic E-state index is 5.94. The molecular weight excluding hydrogens is 334 g/mol. The Hall–Kier alpha value is -1.91. The van der Waals surface area contributed by atoms with Gasteiger partial charge in [-0.15, -0.1) is 0 Å². The molecule has 0 spiro atoms. The second-order valence-corrected chi connectivity index (χ2v) is 6.85. The van der Waals surface area contributed by atoms with Gasteiger partial charge in [-0.3, -0.25) is 9.88 Å². The van der Waals surface area contributed by atoms with Gasteiger partial charge in [0.05, 0.1) is 6.61 Å². The lowest BCUT2D eigenvalue weighted by molar-refractivity contribution is 0.243. The Morgan fingerprint density at radius 3 is 2.78 bits per heavy atom. The van der Waals surface area contributed by atoms with Gasteiger partial charge in [0.2, 0.25) is 0 Å². The third-order valence-electron chi connectivity index (χ3n) is 4.89. The quantitative estimate of drug-likeness (QED) is 0.646. The Bertz CT molecular complexity index is 660. The van der Waals surface area contributed by atoms with Crippen molar-refractivity contribution in [2.45, 2.75) is 46.7 Å². The lowest BCUT2D eigenvalue weighted by atomic mass is 9.99. The van der Waals surface area contributed by atoms with E-state index < -0.39 is 0 Å². The molecule has 0 radical (unpaired) electrons. The minimum absolute atomic E-state index is 0.788. The number of nitrogens with zero attached hydrogens (tertiary/aromatic N) is 3. The standard InChI is InChI=1S/C21H29N3O.C2H6/c1-3-23(2)11-5-13-25-21-8-7-20-17-24(12-9-19(20)14-21)16-18-6-4-10-22-15-18;1-2/h4,6-8,10,14-15H,3,5,9,11-13,16-17H2,1-2H3;1-2H3. The molecule has 1 aliphatic rings. The molecule has 0 bridgehead atoms. The first-order valence-corrected chi connectivity index (χ1v) is 10.3. The molecule has 0 saturated heterocycles. The van der Waals surface area contributed by atoms with Crippen LogP contribution in [0.2, 0.25) is 0 Å². The molecular formula is C23H35N3O. The first-order valence-electron chi connectivity index (χ1n) is 10.3. The SMILES string of the molecule is CC.CCN(C)CCCOc1ccc2c(c1)CCN(Cc1cccnc1)C2. The molecule has 1 aliphatic heterocycles. The van der Waals surface area contributed by atoms with E-state index in [0.29, 0.717) is 0 Å². The number of rotatable bonds is 8. The van der Waals surface area contributed by atoms with Crippen LogP contribution in [-0.2, 0) is 19.5 Å². The summed E-state index contributed by atoms with van der Waals surface area (Å²) in [6.45, 7) is 12.2. The van der Waals surface area contributed by atoms with Crippen molar-refractivity contribution in [1.82, 2.24) is 14.8 Å². The number of hydrogen-bond donors (Lipinski definition) is 0. The first kappa shape index (κ1) is 21.4. The number of aromatic nitrogens is 1. The molecule has 27 heavy (non-hydrogen) atoms. The second-order valence-electron chi connectivity index (χ2n) is 6.85. The van der Waals surface area contributed by atoms with Gasteiger partial charge in [0.15, 0.2) is 0 Å². The molecule has 0 N–H and O–H groups in total. The van der Waals surface area contributed by atoms with E-state index in [9.17, 15) is 0 Å². The van der Waals surface area contributed by atoms with Crippen molar-refractivity contribution in [1.29, 1.82) is 0 Å². The lowest BCUT2D eigenvalue weighted by Crippen LogP contribution is -2.30. The monoisotopic (exact) mass is 369 g/mol. The summed E-state index contributed by atoms with van der Waals surface area (Å²) < 4.78 is 5.94. The molecule has 148 valence electrons. The van der Waals surface area contributed by atoms with Crippen molar-refractivity contribution >= 4 is 0 Å². The van der Waals surface area contributed by atoms with Gasteiger partial charge < -0.3 is 9.64 Å². The third kappa shape index (κ3) is 6.96. The third-order valence-corrected chi connectivity index (χ3v) is 4.89. The van der Waals surface area contributed by atoms with Crippen LogP contribution in [0, 0.1) is 0 Å². The zero-order valence-electron chi connectivity index (χ0n) is 17.4. The fourth-order valence-electron chi connectivity index (χ4n) is 3.24. The number of hydrogen-bond acceptors (Lipinski definition) is 4. The fourth-order valence-corrected chi connectivity index (χ4v) is 3.24. The van der Waals surface area contributed by atoms with Crippen molar-refractivity contribution in [3.8, 4) is 5.75 Å². The fraction of sp³-hybridized carbons (Fsp3) is 0.522. The summed E-state index contributed by atoms with van der Waals surface area (Å²) in [5.41, 5.74) is 4.14. The molecule has 4 nitrogen and oxygen atoms in total. The summed E-state index contributed by atoms with van der Waals surface area (Å²) in [6, 6.07) is 10.7. The van der Waals surface area contributed by atoms with Crippen molar-refractivity contribution in [2.75, 3.05) is 33.3 Å². The van der Waals surface area contributed by atoms with Crippen molar-refractivity contribution in [3.63, 3.8) is 0 Å². The zero-order chi connectivity index (χ0) is 19.5. The van der Waals surface area contributed by atoms with Crippen LogP contribution in [0.4, 0.5) is 0 Å². The van der Waals surface area contributed by atoms with Crippen LogP contribution in [0.5, 0.6) is 5.75 Å². The van der Waals surface area contributed by atoms with Crippen molar-refractivity contribution in [2.24, 2.45) is 0 Å². The minimum Gasteiger partial charge on any atom is -0.494 e. The summed E-state index contributed by atoms with van der Waals surface area (Å²) in [5.74, 6) is 1.01. The lowest BCUT2D eigenvalue weighted by Gasteiger charge is -2.29. The predicted octanol–water partition coefficient (Wildman–Crippen LogP) is 4.39. The molecule has 2 heterocycles. The molecule has 0 amide bonds. The van der Waals surface area contributed by atoms with Crippen LogP contribution < -0.4 is 4.74 Å². The van der Waals surface area contributed by atoms with Crippen LogP contribution in [-0.4, -0.2) is 48.1 Å². The van der Waals surface area contributed by atoms with E-state index in [4.69, 9.17) is 4.74 Å². The number of benzene rings is 1. The van der Waals surface area contributed by atoms with Gasteiger partial charge >= 0.3 is 0 Å². The van der Waals surface area contributed by atoms with E-state index >= 15 is 0 Å². The van der Waals surface area contributed by atoms with Crippen LogP contribution in [0.3, 0.4) is 0 Å². The maximum absolute atomic E-state index is 5.94. The van der Waals surface area contributed by atoms with Crippen LogP contribution >= 0.6 is 0 Å². The van der Waals surface area contributed by atoms with E-state index in [0.717, 1.165) is 57.9 Å². The van der Waals surface area contributed by atoms with Crippen LogP contribution in [0.1, 0.15) is 43.9 Å². The Balaban J connectivity index is 0.00000126. The zero-order valence-corrected chi connectivity index (χ0v) is 17.4. The number of fused-ring (bicyclic) bond motifs is 1. The number of pyridine rings is 1. The summed E-state index contributed by atoms with van der Waals surface area (Å²) in [7, 11) is 2.15. The highest BCUT2D eigenvalue weighted by atomic mass is 16.5. The molecule has 0 unspecified atom stereocenters. The van der Waals surface area contributed by atoms with Gasteiger partial charge in [-0.05, 0) is 61.3 Å². The molecule has 2 aromatic rings. The van der Waals surface area contributed by atoms with E-state index in [1.807, 2.05) is 32.3 Å². The molecule has 1 aromatic heterocycles. The van der Waals surface area contributed by atoms with Gasteiger partial charge in [0.25, 0.3) is 0 Å². The van der Waals surface area contributed by atoms with E-state index in [2.05, 4.69) is 53.0 Å². The Labute approximate surface area is 165 Å². The van der Waals surface area contributed by atoms with Gasteiger partial charge in [0.1, 0.15) is 5.75 Å². The highest BCUT2D eigenvalue weighted by molar-refractivity contribution is 5.37. The molecule has 0 aliphatic carbocycles. The average molecular weight is 370 g/mol. The highest BCUT2D eigenvalue weighted by Gasteiger charge is 2.17. The normalized spacial score (nSPS) is 13.7. The first-order chi connectivity index (χ1) is 13.2. The molecule has 0 saturated carbocycles. The average Bonchev–Trinajstić information content (AvgIpc) is 2.73. The molecule has 1 aromatic carbocycles. The Morgan fingerprint density at radius 1 is 1.19 bits per heavy atom. The summed E-state index contributed by atoms with van der Waals surface area (Å²) >= 11 is 0. The van der Waals surface area contributed by atoms with Gasteiger partial charge in [0, 0.05) is 38.6 Å². The molecule has 3 rings (SSSR count). The van der Waals surface area contributed by atoms with Gasteiger partial charge in [-0.1, -0.05) is 32.9 Å².